The molecule has 0 fully saturated rings. The minimum absolute atomic E-state index is 0.0160. The number of carbonyl (C=O) groups excluding carboxylic acids is 3. The molecule has 38 heavy (non-hydrogen) atoms. The maximum atomic E-state index is 13.3. The summed E-state index contributed by atoms with van der Waals surface area (Å²) in [7, 11) is 0. The second-order valence-electron chi connectivity index (χ2n) is 9.80. The summed E-state index contributed by atoms with van der Waals surface area (Å²) >= 11 is 0. The average molecular weight is 538 g/mol. The first-order chi connectivity index (χ1) is 17.8. The number of carboxylic acid groups (broad SMARTS) is 1. The first-order valence-electron chi connectivity index (χ1n) is 12.8. The average Bonchev–Trinajstić information content (AvgIpc) is 3.35. The van der Waals surface area contributed by atoms with E-state index in [4.69, 9.17) is 17.2 Å². The molecule has 0 aromatic carbocycles. The number of guanidine groups is 1. The van der Waals surface area contributed by atoms with Crippen LogP contribution in [-0.4, -0.2) is 75.4 Å². The highest BCUT2D eigenvalue weighted by Gasteiger charge is 2.32. The first-order valence-corrected chi connectivity index (χ1v) is 12.8. The summed E-state index contributed by atoms with van der Waals surface area (Å²) in [5.74, 6) is -3.31. The van der Waals surface area contributed by atoms with E-state index in [-0.39, 0.29) is 43.6 Å². The van der Waals surface area contributed by atoms with Crippen LogP contribution in [0.2, 0.25) is 0 Å². The summed E-state index contributed by atoms with van der Waals surface area (Å²) in [4.78, 5) is 61.5. The smallest absolute Gasteiger partial charge is 0.326 e. The monoisotopic (exact) mass is 537 g/mol. The molecule has 14 nitrogen and oxygen atoms in total. The van der Waals surface area contributed by atoms with Crippen molar-refractivity contribution in [2.75, 3.05) is 6.54 Å². The summed E-state index contributed by atoms with van der Waals surface area (Å²) in [6.07, 6.45) is 4.49. The predicted octanol–water partition coefficient (Wildman–Crippen LogP) is -1.04. The maximum Gasteiger partial charge on any atom is 0.326 e. The van der Waals surface area contributed by atoms with Gasteiger partial charge in [-0.3, -0.25) is 19.4 Å². The van der Waals surface area contributed by atoms with Crippen molar-refractivity contribution in [2.24, 2.45) is 34.0 Å². The van der Waals surface area contributed by atoms with E-state index in [1.54, 1.807) is 13.1 Å². The number of H-pyrrole nitrogens is 1. The molecule has 5 atom stereocenters. The number of hydrogen-bond acceptors (Lipinski definition) is 7. The number of nitrogens with one attached hydrogen (secondary N) is 4. The van der Waals surface area contributed by atoms with E-state index in [1.807, 2.05) is 20.8 Å². The van der Waals surface area contributed by atoms with Gasteiger partial charge in [0.05, 0.1) is 12.4 Å². The largest absolute Gasteiger partial charge is 0.480 e. The van der Waals surface area contributed by atoms with Gasteiger partial charge in [0, 0.05) is 24.9 Å². The van der Waals surface area contributed by atoms with Crippen molar-refractivity contribution in [3.05, 3.63) is 18.2 Å². The molecule has 0 spiro atoms. The molecular weight excluding hydrogens is 494 g/mol. The van der Waals surface area contributed by atoms with Crippen molar-refractivity contribution >= 4 is 29.7 Å². The second kappa shape index (κ2) is 16.2. The van der Waals surface area contributed by atoms with E-state index in [2.05, 4.69) is 30.9 Å². The fourth-order valence-corrected chi connectivity index (χ4v) is 3.69. The lowest BCUT2D eigenvalue weighted by Gasteiger charge is -2.28. The fraction of sp³-hybridized carbons (Fsp3) is 0.667. The lowest BCUT2D eigenvalue weighted by atomic mass is 9.96. The number of amides is 3. The van der Waals surface area contributed by atoms with Gasteiger partial charge in [-0.05, 0) is 31.1 Å². The van der Waals surface area contributed by atoms with Crippen LogP contribution in [0.1, 0.15) is 59.1 Å². The Kier molecular flexibility index (Phi) is 13.8. The van der Waals surface area contributed by atoms with E-state index < -0.39 is 47.9 Å². The van der Waals surface area contributed by atoms with E-state index in [9.17, 15) is 24.3 Å². The molecule has 0 aliphatic carbocycles. The normalized spacial score (nSPS) is 15.0. The zero-order chi connectivity index (χ0) is 28.8. The highest BCUT2D eigenvalue weighted by atomic mass is 16.4. The molecule has 214 valence electrons. The number of imidazole rings is 1. The highest BCUT2D eigenvalue weighted by Crippen LogP contribution is 2.11. The molecule has 0 aliphatic rings. The zero-order valence-corrected chi connectivity index (χ0v) is 22.6. The highest BCUT2D eigenvalue weighted by molar-refractivity contribution is 5.94. The standard InChI is InChI=1S/C24H43N9O5/c1-5-14(4)19(33-20(34)16(25)10-15-11-28-12-30-15)22(36)31-17(7-6-8-29-24(26)27)21(35)32-18(23(37)38)9-13(2)3/h11-14,16-19H,5-10,25H2,1-4H3,(H,28,30)(H,31,36)(H,32,35)(H,33,34)(H,37,38)(H4,26,27,29)/t14-,16-,17-,18-,19-/m0/s1. The van der Waals surface area contributed by atoms with Gasteiger partial charge in [-0.15, -0.1) is 0 Å². The van der Waals surface area contributed by atoms with Crippen LogP contribution in [0.4, 0.5) is 0 Å². The van der Waals surface area contributed by atoms with Crippen LogP contribution in [-0.2, 0) is 25.6 Å². The molecule has 1 rings (SSSR count). The number of hydrogen-bond donors (Lipinski definition) is 8. The summed E-state index contributed by atoms with van der Waals surface area (Å²) < 4.78 is 0. The predicted molar refractivity (Wildman–Crippen MR) is 143 cm³/mol. The molecule has 0 saturated carbocycles. The van der Waals surface area contributed by atoms with Gasteiger partial charge in [0.1, 0.15) is 18.1 Å². The lowest BCUT2D eigenvalue weighted by Crippen LogP contribution is -2.58. The third kappa shape index (κ3) is 11.6. The molecule has 0 unspecified atom stereocenters. The van der Waals surface area contributed by atoms with Gasteiger partial charge in [-0.1, -0.05) is 34.1 Å². The minimum Gasteiger partial charge on any atom is -0.480 e. The molecule has 0 radical (unpaired) electrons. The van der Waals surface area contributed by atoms with Gasteiger partial charge in [0.2, 0.25) is 17.7 Å². The zero-order valence-electron chi connectivity index (χ0n) is 22.6. The summed E-state index contributed by atoms with van der Waals surface area (Å²) in [6.45, 7) is 7.55. The molecule has 11 N–H and O–H groups in total. The van der Waals surface area contributed by atoms with Crippen LogP contribution in [0.15, 0.2) is 17.5 Å². The molecule has 14 heteroatoms. The summed E-state index contributed by atoms with van der Waals surface area (Å²) in [6, 6.07) is -4.10. The first kappa shape index (κ1) is 32.3. The number of nitrogens with zero attached hydrogens (tertiary/aromatic N) is 2. The molecule has 0 bridgehead atoms. The van der Waals surface area contributed by atoms with E-state index in [0.29, 0.717) is 18.5 Å². The van der Waals surface area contributed by atoms with Crippen molar-refractivity contribution < 1.29 is 24.3 Å². The number of aromatic amines is 1. The maximum absolute atomic E-state index is 13.3. The van der Waals surface area contributed by atoms with Crippen LogP contribution < -0.4 is 33.2 Å². The number of carbonyl (C=O) groups is 4. The molecular formula is C24H43N9O5. The van der Waals surface area contributed by atoms with Gasteiger partial charge in [0.25, 0.3) is 0 Å². The van der Waals surface area contributed by atoms with Crippen molar-refractivity contribution in [3.8, 4) is 0 Å². The van der Waals surface area contributed by atoms with Crippen molar-refractivity contribution in [2.45, 2.75) is 84.0 Å². The van der Waals surface area contributed by atoms with Crippen LogP contribution in [0.3, 0.4) is 0 Å². The molecule has 3 amide bonds. The van der Waals surface area contributed by atoms with Crippen molar-refractivity contribution in [3.63, 3.8) is 0 Å². The number of nitrogens with two attached hydrogens (primary N) is 3. The third-order valence-corrected chi connectivity index (χ3v) is 6.02. The number of aliphatic imine (C=N–C) groups is 1. The van der Waals surface area contributed by atoms with Crippen molar-refractivity contribution in [1.82, 2.24) is 25.9 Å². The van der Waals surface area contributed by atoms with Gasteiger partial charge in [-0.25, -0.2) is 9.78 Å². The topological polar surface area (TPSA) is 244 Å². The Morgan fingerprint density at radius 2 is 1.71 bits per heavy atom. The van der Waals surface area contributed by atoms with Crippen LogP contribution in [0, 0.1) is 11.8 Å². The SMILES string of the molecule is CC[C@H](C)[C@H](NC(=O)[C@@H](N)Cc1cnc[nH]1)C(=O)N[C@@H](CCCN=C(N)N)C(=O)N[C@@H](CC(C)C)C(=O)O. The van der Waals surface area contributed by atoms with Crippen LogP contribution in [0.5, 0.6) is 0 Å². The third-order valence-electron chi connectivity index (χ3n) is 6.02. The molecule has 0 saturated heterocycles. The van der Waals surface area contributed by atoms with Gasteiger partial charge >= 0.3 is 5.97 Å². The molecule has 1 heterocycles. The Morgan fingerprint density at radius 1 is 1.05 bits per heavy atom. The quantitative estimate of drug-likeness (QED) is 0.0686. The molecule has 1 aromatic rings. The number of rotatable bonds is 17. The van der Waals surface area contributed by atoms with Gasteiger partial charge in [-0.2, -0.15) is 0 Å². The lowest BCUT2D eigenvalue weighted by molar-refractivity contribution is -0.143. The van der Waals surface area contributed by atoms with Gasteiger partial charge < -0.3 is 43.2 Å². The van der Waals surface area contributed by atoms with E-state index >= 15 is 0 Å². The molecule has 0 aliphatic heterocycles. The number of aliphatic carboxylic acids is 1. The van der Waals surface area contributed by atoms with Crippen molar-refractivity contribution in [1.29, 1.82) is 0 Å². The van der Waals surface area contributed by atoms with Gasteiger partial charge in [0.15, 0.2) is 5.96 Å². The number of aromatic nitrogens is 2. The Balaban J connectivity index is 3.03. The van der Waals surface area contributed by atoms with E-state index in [0.717, 1.165) is 0 Å². The molecule has 1 aromatic heterocycles. The Labute approximate surface area is 223 Å². The Hall–Kier alpha value is -3.68. The van der Waals surface area contributed by atoms with Crippen LogP contribution in [0.25, 0.3) is 0 Å². The minimum atomic E-state index is -1.17. The summed E-state index contributed by atoms with van der Waals surface area (Å²) in [5, 5.41) is 17.4. The van der Waals surface area contributed by atoms with E-state index in [1.165, 1.54) is 6.33 Å². The second-order valence-corrected chi connectivity index (χ2v) is 9.80. The fourth-order valence-electron chi connectivity index (χ4n) is 3.69. The number of carboxylic acids is 1. The Morgan fingerprint density at radius 3 is 2.24 bits per heavy atom. The van der Waals surface area contributed by atoms with Crippen LogP contribution >= 0.6 is 0 Å². The Bertz CT molecular complexity index is 932. The summed E-state index contributed by atoms with van der Waals surface area (Å²) in [5.41, 5.74) is 17.4.